The average Bonchev–Trinajstić information content (AvgIpc) is 3.07. The number of rotatable bonds is 5. The van der Waals surface area contributed by atoms with Crippen molar-refractivity contribution in [3.8, 4) is 11.3 Å². The fourth-order valence-corrected chi connectivity index (χ4v) is 3.21. The fourth-order valence-electron chi connectivity index (χ4n) is 2.14. The lowest BCUT2D eigenvalue weighted by molar-refractivity contribution is 0.0520. The second-order valence-corrected chi connectivity index (χ2v) is 6.35. The summed E-state index contributed by atoms with van der Waals surface area (Å²) in [4.78, 5) is 14.0. The Labute approximate surface area is 148 Å². The van der Waals surface area contributed by atoms with E-state index in [-0.39, 0.29) is 12.3 Å². The summed E-state index contributed by atoms with van der Waals surface area (Å²) in [6.45, 7) is 2.04. The molecule has 122 valence electrons. The van der Waals surface area contributed by atoms with Crippen molar-refractivity contribution in [3.63, 3.8) is 0 Å². The number of carbonyl (C=O) groups is 1. The standard InChI is InChI=1S/C17H14ClN3O2S/c1-2-23-17(22)16-15(19-21-20-16)13-5-3-4-6-14(13)24-12-9-7-11(18)8-10-12/h3-10H,2H2,1H3,(H,19,20,21). The van der Waals surface area contributed by atoms with Crippen LogP contribution in [0, 0.1) is 0 Å². The SMILES string of the molecule is CCOC(=O)c1n[nH]nc1-c1ccccc1Sc1ccc(Cl)cc1. The summed E-state index contributed by atoms with van der Waals surface area (Å²) in [6, 6.07) is 15.3. The molecule has 0 radical (unpaired) electrons. The summed E-state index contributed by atoms with van der Waals surface area (Å²) in [7, 11) is 0. The number of halogens is 1. The minimum Gasteiger partial charge on any atom is -0.461 e. The Kier molecular flexibility index (Phi) is 5.17. The summed E-state index contributed by atoms with van der Waals surface area (Å²) >= 11 is 7.49. The molecule has 0 aliphatic carbocycles. The number of hydrogen-bond acceptors (Lipinski definition) is 5. The Morgan fingerprint density at radius 1 is 1.17 bits per heavy atom. The van der Waals surface area contributed by atoms with Crippen molar-refractivity contribution in [2.75, 3.05) is 6.61 Å². The van der Waals surface area contributed by atoms with Gasteiger partial charge in [0.05, 0.1) is 6.61 Å². The van der Waals surface area contributed by atoms with E-state index in [0.717, 1.165) is 15.4 Å². The average molecular weight is 360 g/mol. The molecule has 0 aliphatic rings. The maximum atomic E-state index is 12.0. The summed E-state index contributed by atoms with van der Waals surface area (Å²) in [5.74, 6) is -0.493. The predicted molar refractivity (Wildman–Crippen MR) is 93.4 cm³/mol. The molecule has 0 aliphatic heterocycles. The fraction of sp³-hybridized carbons (Fsp3) is 0.118. The van der Waals surface area contributed by atoms with E-state index in [0.29, 0.717) is 10.7 Å². The second kappa shape index (κ2) is 7.51. The van der Waals surface area contributed by atoms with E-state index in [1.54, 1.807) is 18.7 Å². The van der Waals surface area contributed by atoms with Crippen molar-refractivity contribution in [1.82, 2.24) is 15.4 Å². The predicted octanol–water partition coefficient (Wildman–Crippen LogP) is 4.45. The summed E-state index contributed by atoms with van der Waals surface area (Å²) < 4.78 is 5.04. The van der Waals surface area contributed by atoms with Gasteiger partial charge >= 0.3 is 5.97 Å². The summed E-state index contributed by atoms with van der Waals surface area (Å²) in [5, 5.41) is 11.3. The largest absolute Gasteiger partial charge is 0.461 e. The van der Waals surface area contributed by atoms with Crippen molar-refractivity contribution in [1.29, 1.82) is 0 Å². The number of carbonyl (C=O) groups excluding carboxylic acids is 1. The normalized spacial score (nSPS) is 10.6. The first-order chi connectivity index (χ1) is 11.7. The van der Waals surface area contributed by atoms with E-state index in [2.05, 4.69) is 15.4 Å². The van der Waals surface area contributed by atoms with Crippen LogP contribution >= 0.6 is 23.4 Å². The Hall–Kier alpha value is -2.31. The molecule has 3 aromatic rings. The van der Waals surface area contributed by atoms with E-state index in [1.165, 1.54) is 0 Å². The highest BCUT2D eigenvalue weighted by molar-refractivity contribution is 7.99. The molecule has 5 nitrogen and oxygen atoms in total. The van der Waals surface area contributed by atoms with Crippen LogP contribution in [0.15, 0.2) is 58.3 Å². The Balaban J connectivity index is 1.97. The zero-order valence-corrected chi connectivity index (χ0v) is 14.4. The van der Waals surface area contributed by atoms with Crippen LogP contribution in [0.2, 0.25) is 5.02 Å². The highest BCUT2D eigenvalue weighted by Gasteiger charge is 2.21. The van der Waals surface area contributed by atoms with Crippen molar-refractivity contribution >= 4 is 29.3 Å². The molecule has 7 heteroatoms. The molecule has 0 atom stereocenters. The van der Waals surface area contributed by atoms with E-state index in [9.17, 15) is 4.79 Å². The second-order valence-electron chi connectivity index (χ2n) is 4.79. The minimum absolute atomic E-state index is 0.181. The first-order valence-corrected chi connectivity index (χ1v) is 8.49. The maximum absolute atomic E-state index is 12.0. The van der Waals surface area contributed by atoms with Gasteiger partial charge in [-0.05, 0) is 37.3 Å². The summed E-state index contributed by atoms with van der Waals surface area (Å²) in [6.07, 6.45) is 0. The molecule has 0 saturated carbocycles. The van der Waals surface area contributed by atoms with Crippen LogP contribution in [0.1, 0.15) is 17.4 Å². The number of ether oxygens (including phenoxy) is 1. The topological polar surface area (TPSA) is 67.9 Å². The van der Waals surface area contributed by atoms with Gasteiger partial charge < -0.3 is 4.74 Å². The number of nitrogens with zero attached hydrogens (tertiary/aromatic N) is 2. The maximum Gasteiger partial charge on any atom is 0.361 e. The molecule has 0 saturated heterocycles. The van der Waals surface area contributed by atoms with Crippen LogP contribution in [0.25, 0.3) is 11.3 Å². The third-order valence-electron chi connectivity index (χ3n) is 3.20. The van der Waals surface area contributed by atoms with E-state index >= 15 is 0 Å². The van der Waals surface area contributed by atoms with Crippen LogP contribution < -0.4 is 0 Å². The third kappa shape index (κ3) is 3.60. The molecule has 0 unspecified atom stereocenters. The molecule has 1 heterocycles. The van der Waals surface area contributed by atoms with Gasteiger partial charge in [-0.3, -0.25) is 0 Å². The van der Waals surface area contributed by atoms with Crippen LogP contribution in [-0.2, 0) is 4.74 Å². The molecule has 0 bridgehead atoms. The van der Waals surface area contributed by atoms with Gasteiger partial charge in [0.15, 0.2) is 5.69 Å². The third-order valence-corrected chi connectivity index (χ3v) is 4.54. The molecule has 2 aromatic carbocycles. The molecule has 1 aromatic heterocycles. The van der Waals surface area contributed by atoms with Gasteiger partial charge in [0.25, 0.3) is 0 Å². The number of aromatic nitrogens is 3. The van der Waals surface area contributed by atoms with E-state index in [4.69, 9.17) is 16.3 Å². The van der Waals surface area contributed by atoms with Gasteiger partial charge in [0, 0.05) is 20.4 Å². The lowest BCUT2D eigenvalue weighted by atomic mass is 10.1. The lowest BCUT2D eigenvalue weighted by Crippen LogP contribution is -2.07. The van der Waals surface area contributed by atoms with Crippen LogP contribution in [0.3, 0.4) is 0 Å². The zero-order valence-electron chi connectivity index (χ0n) is 12.8. The van der Waals surface area contributed by atoms with Gasteiger partial charge in [-0.25, -0.2) is 4.79 Å². The monoisotopic (exact) mass is 359 g/mol. The van der Waals surface area contributed by atoms with Gasteiger partial charge in [0.1, 0.15) is 5.69 Å². The Morgan fingerprint density at radius 2 is 1.92 bits per heavy atom. The van der Waals surface area contributed by atoms with Crippen molar-refractivity contribution in [2.24, 2.45) is 0 Å². The van der Waals surface area contributed by atoms with Crippen molar-refractivity contribution in [2.45, 2.75) is 16.7 Å². The molecule has 3 rings (SSSR count). The van der Waals surface area contributed by atoms with Crippen molar-refractivity contribution in [3.05, 3.63) is 59.2 Å². The van der Waals surface area contributed by atoms with Gasteiger partial charge in [0.2, 0.25) is 0 Å². The minimum atomic E-state index is -0.493. The number of H-pyrrole nitrogens is 1. The zero-order chi connectivity index (χ0) is 16.9. The van der Waals surface area contributed by atoms with Gasteiger partial charge in [-0.2, -0.15) is 10.3 Å². The highest BCUT2D eigenvalue weighted by Crippen LogP contribution is 2.36. The molecule has 0 amide bonds. The number of benzene rings is 2. The number of aromatic amines is 1. The highest BCUT2D eigenvalue weighted by atomic mass is 35.5. The molecule has 0 fully saturated rings. The first kappa shape index (κ1) is 16.5. The molecule has 0 spiro atoms. The summed E-state index contributed by atoms with van der Waals surface area (Å²) in [5.41, 5.74) is 1.47. The first-order valence-electron chi connectivity index (χ1n) is 7.29. The Morgan fingerprint density at radius 3 is 2.67 bits per heavy atom. The molecular formula is C17H14ClN3O2S. The number of esters is 1. The van der Waals surface area contributed by atoms with E-state index < -0.39 is 5.97 Å². The van der Waals surface area contributed by atoms with Gasteiger partial charge in [-0.1, -0.05) is 41.6 Å². The molecule has 24 heavy (non-hydrogen) atoms. The Bertz CT molecular complexity index is 849. The van der Waals surface area contributed by atoms with E-state index in [1.807, 2.05) is 48.5 Å². The van der Waals surface area contributed by atoms with Crippen LogP contribution in [-0.4, -0.2) is 28.0 Å². The smallest absolute Gasteiger partial charge is 0.361 e. The molecule has 1 N–H and O–H groups in total. The lowest BCUT2D eigenvalue weighted by Gasteiger charge is -2.08. The number of hydrogen-bond donors (Lipinski definition) is 1. The number of nitrogens with one attached hydrogen (secondary N) is 1. The van der Waals surface area contributed by atoms with Gasteiger partial charge in [-0.15, -0.1) is 5.10 Å². The molecular weight excluding hydrogens is 346 g/mol. The van der Waals surface area contributed by atoms with Crippen LogP contribution in [0.5, 0.6) is 0 Å². The van der Waals surface area contributed by atoms with Crippen LogP contribution in [0.4, 0.5) is 0 Å². The quantitative estimate of drug-likeness (QED) is 0.681. The van der Waals surface area contributed by atoms with Crippen molar-refractivity contribution < 1.29 is 9.53 Å².